The number of pyridine rings is 1. The summed E-state index contributed by atoms with van der Waals surface area (Å²) in [5, 5.41) is 11.0. The van der Waals surface area contributed by atoms with Gasteiger partial charge in [0, 0.05) is 35.6 Å². The van der Waals surface area contributed by atoms with E-state index in [2.05, 4.69) is 16.8 Å². The summed E-state index contributed by atoms with van der Waals surface area (Å²) in [6.45, 7) is 6.42. The van der Waals surface area contributed by atoms with Crippen LogP contribution in [0.1, 0.15) is 61.8 Å². The normalized spacial score (nSPS) is 30.6. The summed E-state index contributed by atoms with van der Waals surface area (Å²) in [5.74, 6) is 1.22. The second kappa shape index (κ2) is 8.14. The first-order chi connectivity index (χ1) is 14.2. The highest BCUT2D eigenvalue weighted by atomic mass is 32.1. The Hall–Kier alpha value is -1.21. The number of aromatic nitrogens is 1. The maximum Gasteiger partial charge on any atom is 0.131 e. The molecule has 29 heavy (non-hydrogen) atoms. The first kappa shape index (κ1) is 19.7. The van der Waals surface area contributed by atoms with Gasteiger partial charge in [0.2, 0.25) is 0 Å². The molecule has 2 aromatic heterocycles. The molecule has 2 aromatic rings. The minimum absolute atomic E-state index is 0.217. The smallest absolute Gasteiger partial charge is 0.131 e. The fourth-order valence-corrected chi connectivity index (χ4v) is 7.03. The van der Waals surface area contributed by atoms with E-state index in [9.17, 15) is 5.11 Å². The van der Waals surface area contributed by atoms with Crippen LogP contribution in [0.5, 0.6) is 5.75 Å². The monoisotopic (exact) mass is 416 g/mol. The molecule has 158 valence electrons. The maximum atomic E-state index is 9.84. The van der Waals surface area contributed by atoms with E-state index in [0.717, 1.165) is 62.6 Å². The van der Waals surface area contributed by atoms with Crippen LogP contribution in [0.25, 0.3) is 10.2 Å². The molecule has 3 aliphatic rings. The van der Waals surface area contributed by atoms with Crippen LogP contribution >= 0.6 is 11.3 Å². The van der Waals surface area contributed by atoms with Crippen LogP contribution in [0.3, 0.4) is 0 Å². The average Bonchev–Trinajstić information content (AvgIpc) is 3.34. The number of aryl methyl sites for hydroxylation is 1. The van der Waals surface area contributed by atoms with Crippen molar-refractivity contribution in [2.75, 3.05) is 32.9 Å². The summed E-state index contributed by atoms with van der Waals surface area (Å²) in [4.78, 5) is 9.74. The number of rotatable bonds is 5. The minimum Gasteiger partial charge on any atom is -0.490 e. The van der Waals surface area contributed by atoms with Gasteiger partial charge in [-0.3, -0.25) is 4.90 Å². The van der Waals surface area contributed by atoms with Crippen molar-refractivity contribution >= 4 is 21.6 Å². The van der Waals surface area contributed by atoms with Crippen molar-refractivity contribution in [1.82, 2.24) is 9.88 Å². The fourth-order valence-electron chi connectivity index (χ4n) is 5.77. The van der Waals surface area contributed by atoms with Gasteiger partial charge in [-0.15, -0.1) is 11.3 Å². The molecule has 0 bridgehead atoms. The molecule has 5 nitrogen and oxygen atoms in total. The minimum atomic E-state index is 0.217. The van der Waals surface area contributed by atoms with Gasteiger partial charge in [-0.25, -0.2) is 4.98 Å². The second-order valence-corrected chi connectivity index (χ2v) is 9.92. The van der Waals surface area contributed by atoms with Crippen molar-refractivity contribution in [3.63, 3.8) is 0 Å². The first-order valence-electron chi connectivity index (χ1n) is 11.2. The van der Waals surface area contributed by atoms with Gasteiger partial charge in [0.15, 0.2) is 0 Å². The first-order valence-corrected chi connectivity index (χ1v) is 12.1. The molecule has 0 spiro atoms. The number of ether oxygens (including phenoxy) is 2. The summed E-state index contributed by atoms with van der Waals surface area (Å²) in [6, 6.07) is 2.03. The molecule has 3 heterocycles. The molecule has 0 amide bonds. The van der Waals surface area contributed by atoms with Crippen LogP contribution < -0.4 is 4.74 Å². The molecular formula is C23H32N2O3S. The Morgan fingerprint density at radius 2 is 2.07 bits per heavy atom. The zero-order valence-corrected chi connectivity index (χ0v) is 18.2. The number of thiophene rings is 1. The molecule has 1 atom stereocenters. The standard InChI is InChI=1S/C23H32N2O3S/c1-2-23(25-11-13-27-14-12-25)8-5-17(6-9-23)28-18-7-10-24-22-21(18)20-16(15-26)3-4-19(20)29-22/h7,10,16-17,26H,2-6,8-9,11-15H2,1H3/t16-,17-,23-/m1/s1. The highest BCUT2D eigenvalue weighted by molar-refractivity contribution is 7.19. The number of aliphatic hydroxyl groups is 1. The number of morpholine rings is 1. The van der Waals surface area contributed by atoms with E-state index in [1.165, 1.54) is 35.1 Å². The summed E-state index contributed by atoms with van der Waals surface area (Å²) in [7, 11) is 0. The van der Waals surface area contributed by atoms with Gasteiger partial charge in [-0.05, 0) is 56.6 Å². The van der Waals surface area contributed by atoms with Gasteiger partial charge in [0.05, 0.1) is 31.3 Å². The van der Waals surface area contributed by atoms with E-state index in [1.807, 2.05) is 12.3 Å². The van der Waals surface area contributed by atoms with Gasteiger partial charge in [0.25, 0.3) is 0 Å². The SMILES string of the molecule is CC[C@]1(N2CCOCC2)CC[C@H](Oc2ccnc3sc4c(c23)[C@@H](CO)CC4)CC1. The molecular weight excluding hydrogens is 384 g/mol. The Kier molecular flexibility index (Phi) is 5.54. The molecule has 1 N–H and O–H groups in total. The molecule has 1 saturated heterocycles. The Morgan fingerprint density at radius 1 is 1.28 bits per heavy atom. The van der Waals surface area contributed by atoms with Gasteiger partial charge in [0.1, 0.15) is 10.6 Å². The van der Waals surface area contributed by atoms with Crippen LogP contribution in [0.4, 0.5) is 0 Å². The Morgan fingerprint density at radius 3 is 2.79 bits per heavy atom. The van der Waals surface area contributed by atoms with Crippen molar-refractivity contribution in [3.8, 4) is 5.75 Å². The number of aliphatic hydroxyl groups excluding tert-OH is 1. The van der Waals surface area contributed by atoms with Gasteiger partial charge >= 0.3 is 0 Å². The van der Waals surface area contributed by atoms with Crippen LogP contribution in [0.2, 0.25) is 0 Å². The van der Waals surface area contributed by atoms with Crippen molar-refractivity contribution < 1.29 is 14.6 Å². The summed E-state index contributed by atoms with van der Waals surface area (Å²) < 4.78 is 12.2. The van der Waals surface area contributed by atoms with Gasteiger partial charge in [-0.2, -0.15) is 0 Å². The van der Waals surface area contributed by atoms with E-state index in [0.29, 0.717) is 5.54 Å². The lowest BCUT2D eigenvalue weighted by Gasteiger charge is -2.49. The lowest BCUT2D eigenvalue weighted by molar-refractivity contribution is -0.0510. The number of hydrogen-bond acceptors (Lipinski definition) is 6. The Bertz CT molecular complexity index is 853. The Balaban J connectivity index is 1.34. The van der Waals surface area contributed by atoms with Crippen LogP contribution in [0.15, 0.2) is 12.3 Å². The highest BCUT2D eigenvalue weighted by Crippen LogP contribution is 2.47. The van der Waals surface area contributed by atoms with Crippen LogP contribution in [-0.2, 0) is 11.2 Å². The number of nitrogens with zero attached hydrogens (tertiary/aromatic N) is 2. The van der Waals surface area contributed by atoms with Gasteiger partial charge < -0.3 is 14.6 Å². The Labute approximate surface area is 177 Å². The molecule has 0 unspecified atom stereocenters. The third-order valence-corrected chi connectivity index (χ3v) is 8.69. The third kappa shape index (κ3) is 3.48. The van der Waals surface area contributed by atoms with Crippen molar-refractivity contribution in [1.29, 1.82) is 0 Å². The average molecular weight is 417 g/mol. The van der Waals surface area contributed by atoms with E-state index in [4.69, 9.17) is 9.47 Å². The van der Waals surface area contributed by atoms with Crippen molar-refractivity contribution in [2.45, 2.75) is 69.4 Å². The molecule has 1 saturated carbocycles. The number of fused-ring (bicyclic) bond motifs is 3. The predicted octanol–water partition coefficient (Wildman–Crippen LogP) is 4.12. The van der Waals surface area contributed by atoms with E-state index < -0.39 is 0 Å². The maximum absolute atomic E-state index is 9.84. The van der Waals surface area contributed by atoms with Crippen molar-refractivity contribution in [3.05, 3.63) is 22.7 Å². The summed E-state index contributed by atoms with van der Waals surface area (Å²) in [5.41, 5.74) is 1.63. The quantitative estimate of drug-likeness (QED) is 0.795. The summed E-state index contributed by atoms with van der Waals surface area (Å²) >= 11 is 1.78. The van der Waals surface area contributed by atoms with Gasteiger partial charge in [-0.1, -0.05) is 6.92 Å². The molecule has 5 rings (SSSR count). The zero-order chi connectivity index (χ0) is 19.8. The van der Waals surface area contributed by atoms with Crippen LogP contribution in [0, 0.1) is 0 Å². The topological polar surface area (TPSA) is 54.8 Å². The predicted molar refractivity (Wildman–Crippen MR) is 116 cm³/mol. The van der Waals surface area contributed by atoms with E-state index in [1.54, 1.807) is 11.3 Å². The molecule has 2 aliphatic carbocycles. The molecule has 6 heteroatoms. The second-order valence-electron chi connectivity index (χ2n) is 8.84. The van der Waals surface area contributed by atoms with E-state index in [-0.39, 0.29) is 18.6 Å². The van der Waals surface area contributed by atoms with E-state index >= 15 is 0 Å². The lowest BCUT2D eigenvalue weighted by atomic mass is 9.77. The lowest BCUT2D eigenvalue weighted by Crippen LogP contribution is -2.55. The zero-order valence-electron chi connectivity index (χ0n) is 17.4. The van der Waals surface area contributed by atoms with Crippen LogP contribution in [-0.4, -0.2) is 59.5 Å². The molecule has 0 aromatic carbocycles. The molecule has 0 radical (unpaired) electrons. The third-order valence-electron chi connectivity index (χ3n) is 7.51. The number of hydrogen-bond donors (Lipinski definition) is 1. The highest BCUT2D eigenvalue weighted by Gasteiger charge is 2.40. The largest absolute Gasteiger partial charge is 0.490 e. The van der Waals surface area contributed by atoms with Crippen molar-refractivity contribution in [2.24, 2.45) is 0 Å². The molecule has 2 fully saturated rings. The fraction of sp³-hybridized carbons (Fsp3) is 0.696. The molecule has 1 aliphatic heterocycles. The summed E-state index contributed by atoms with van der Waals surface area (Å²) in [6.07, 6.45) is 10.1.